The number of likely N-dealkylation sites (tertiary alicyclic amines) is 1. The molecule has 6 nitrogen and oxygen atoms in total. The van der Waals surface area contributed by atoms with E-state index in [1.807, 2.05) is 6.07 Å². The van der Waals surface area contributed by atoms with Gasteiger partial charge in [-0.3, -0.25) is 4.90 Å². The van der Waals surface area contributed by atoms with Gasteiger partial charge in [0.2, 0.25) is 0 Å². The van der Waals surface area contributed by atoms with Gasteiger partial charge in [-0.15, -0.1) is 0 Å². The summed E-state index contributed by atoms with van der Waals surface area (Å²) >= 11 is 0. The largest absolute Gasteiger partial charge is 0.493 e. The van der Waals surface area contributed by atoms with Crippen molar-refractivity contribution in [3.63, 3.8) is 0 Å². The predicted octanol–water partition coefficient (Wildman–Crippen LogP) is 5.61. The van der Waals surface area contributed by atoms with Crippen molar-refractivity contribution in [1.29, 1.82) is 0 Å². The summed E-state index contributed by atoms with van der Waals surface area (Å²) in [5.41, 5.74) is 0.870. The molecule has 36 heavy (non-hydrogen) atoms. The molecule has 0 radical (unpaired) electrons. The van der Waals surface area contributed by atoms with Crippen molar-refractivity contribution in [1.82, 2.24) is 10.2 Å². The number of hydrogen-bond acceptors (Lipinski definition) is 4. The van der Waals surface area contributed by atoms with Crippen LogP contribution < -0.4 is 20.1 Å². The summed E-state index contributed by atoms with van der Waals surface area (Å²) in [6, 6.07) is 7.09. The zero-order chi connectivity index (χ0) is 26.3. The molecule has 0 unspecified atom stereocenters. The predicted molar refractivity (Wildman–Crippen MR) is 132 cm³/mol. The number of urea groups is 1. The maximum atomic E-state index is 13.5. The van der Waals surface area contributed by atoms with Crippen molar-refractivity contribution in [2.24, 2.45) is 0 Å². The molecule has 2 aromatic carbocycles. The van der Waals surface area contributed by atoms with Gasteiger partial charge in [-0.05, 0) is 70.7 Å². The summed E-state index contributed by atoms with van der Waals surface area (Å²) in [5, 5.41) is 5.38. The van der Waals surface area contributed by atoms with Crippen LogP contribution in [0.3, 0.4) is 0 Å². The minimum absolute atomic E-state index is 0.0731. The van der Waals surface area contributed by atoms with E-state index in [0.717, 1.165) is 37.9 Å². The minimum Gasteiger partial charge on any atom is -0.493 e. The molecule has 2 N–H and O–H groups in total. The van der Waals surface area contributed by atoms with Crippen LogP contribution in [0.4, 0.5) is 23.7 Å². The molecule has 2 amide bonds. The number of methoxy groups -OCH3 is 2. The number of amides is 2. The lowest BCUT2D eigenvalue weighted by Crippen LogP contribution is -2.56. The van der Waals surface area contributed by atoms with Crippen LogP contribution in [0.15, 0.2) is 30.3 Å². The molecule has 1 saturated carbocycles. The van der Waals surface area contributed by atoms with Crippen LogP contribution in [0.5, 0.6) is 11.5 Å². The highest BCUT2D eigenvalue weighted by Crippen LogP contribution is 2.52. The molecule has 3 atom stereocenters. The first-order valence-corrected chi connectivity index (χ1v) is 12.2. The van der Waals surface area contributed by atoms with E-state index in [4.69, 9.17) is 9.47 Å². The van der Waals surface area contributed by atoms with Gasteiger partial charge in [0.05, 0.1) is 14.2 Å². The number of hydrogen-bond donors (Lipinski definition) is 2. The van der Waals surface area contributed by atoms with Crippen LogP contribution in [-0.2, 0) is 5.41 Å². The highest BCUT2D eigenvalue weighted by Gasteiger charge is 2.54. The molecular formula is C27H34F3N3O3. The van der Waals surface area contributed by atoms with Crippen LogP contribution in [-0.4, -0.2) is 49.3 Å². The van der Waals surface area contributed by atoms with E-state index in [-0.39, 0.29) is 28.7 Å². The van der Waals surface area contributed by atoms with E-state index in [2.05, 4.69) is 48.4 Å². The molecule has 2 aromatic rings. The quantitative estimate of drug-likeness (QED) is 0.519. The van der Waals surface area contributed by atoms with Crippen molar-refractivity contribution >= 4 is 11.7 Å². The smallest absolute Gasteiger partial charge is 0.319 e. The zero-order valence-corrected chi connectivity index (χ0v) is 21.4. The van der Waals surface area contributed by atoms with Gasteiger partial charge < -0.3 is 20.1 Å². The van der Waals surface area contributed by atoms with E-state index in [1.54, 1.807) is 14.2 Å². The Labute approximate surface area is 210 Å². The summed E-state index contributed by atoms with van der Waals surface area (Å²) in [6.45, 7) is 7.51. The first-order valence-electron chi connectivity index (χ1n) is 12.2. The van der Waals surface area contributed by atoms with Crippen molar-refractivity contribution in [2.75, 3.05) is 26.1 Å². The molecule has 1 aliphatic heterocycles. The molecule has 9 heteroatoms. The molecule has 0 aromatic heterocycles. The van der Waals surface area contributed by atoms with Gasteiger partial charge in [0.15, 0.2) is 29.0 Å². The molecule has 196 valence electrons. The maximum Gasteiger partial charge on any atom is 0.319 e. The Bertz CT molecular complexity index is 1110. The first-order chi connectivity index (χ1) is 17.0. The number of rotatable bonds is 5. The third kappa shape index (κ3) is 4.85. The fraction of sp³-hybridized carbons (Fsp3) is 0.519. The molecule has 0 bridgehead atoms. The Morgan fingerprint density at radius 1 is 1.03 bits per heavy atom. The van der Waals surface area contributed by atoms with Gasteiger partial charge in [-0.1, -0.05) is 6.07 Å². The SMILES string of the molecule is COc1ccc([C@@]23CC[C@H](NC(=O)Nc4cc(F)c(F)c(F)c4)C[C@H]2N(C(C)(C)C)CC3)cc1OC. The van der Waals surface area contributed by atoms with Gasteiger partial charge in [0, 0.05) is 40.9 Å². The van der Waals surface area contributed by atoms with Crippen LogP contribution in [0.25, 0.3) is 0 Å². The lowest BCUT2D eigenvalue weighted by Gasteiger charge is -2.48. The van der Waals surface area contributed by atoms with Gasteiger partial charge in [0.25, 0.3) is 0 Å². The van der Waals surface area contributed by atoms with Crippen LogP contribution in [0.1, 0.15) is 52.0 Å². The van der Waals surface area contributed by atoms with E-state index in [1.165, 1.54) is 5.56 Å². The minimum atomic E-state index is -1.57. The summed E-state index contributed by atoms with van der Waals surface area (Å²) in [4.78, 5) is 15.2. The topological polar surface area (TPSA) is 62.8 Å². The van der Waals surface area contributed by atoms with Gasteiger partial charge in [-0.2, -0.15) is 0 Å². The summed E-state index contributed by atoms with van der Waals surface area (Å²) in [7, 11) is 3.25. The Balaban J connectivity index is 1.56. The Hall–Kier alpha value is -2.94. The average molecular weight is 506 g/mol. The number of carbonyl (C=O) groups is 1. The van der Waals surface area contributed by atoms with Crippen molar-refractivity contribution < 1.29 is 27.4 Å². The Morgan fingerprint density at radius 3 is 2.31 bits per heavy atom. The molecule has 1 aliphatic carbocycles. The summed E-state index contributed by atoms with van der Waals surface area (Å²) in [5.74, 6) is -2.90. The monoisotopic (exact) mass is 505 g/mol. The second kappa shape index (κ2) is 9.84. The van der Waals surface area contributed by atoms with Crippen molar-refractivity contribution in [3.05, 3.63) is 53.3 Å². The number of benzene rings is 2. The summed E-state index contributed by atoms with van der Waals surface area (Å²) < 4.78 is 51.4. The second-order valence-electron chi connectivity index (χ2n) is 10.7. The number of carbonyl (C=O) groups excluding carboxylic acids is 1. The standard InChI is InChI=1S/C27H34F3N3O3/c1-26(2,3)33-11-10-27(16-6-7-21(35-4)22(12-16)36-5)9-8-17(15-23(27)33)31-25(34)32-18-13-19(28)24(30)20(29)14-18/h6-7,12-14,17,23H,8-11,15H2,1-5H3,(H2,31,32,34)/t17-,23+,27-/m0/s1. The number of ether oxygens (including phenoxy) is 2. The molecule has 0 spiro atoms. The van der Waals surface area contributed by atoms with Gasteiger partial charge >= 0.3 is 6.03 Å². The molecule has 1 heterocycles. The number of nitrogens with zero attached hydrogens (tertiary/aromatic N) is 1. The van der Waals surface area contributed by atoms with E-state index in [9.17, 15) is 18.0 Å². The van der Waals surface area contributed by atoms with Gasteiger partial charge in [-0.25, -0.2) is 18.0 Å². The molecule has 1 saturated heterocycles. The lowest BCUT2D eigenvalue weighted by molar-refractivity contribution is 0.0655. The maximum absolute atomic E-state index is 13.5. The third-order valence-electron chi connectivity index (χ3n) is 7.66. The summed E-state index contributed by atoms with van der Waals surface area (Å²) in [6.07, 6.45) is 3.29. The van der Waals surface area contributed by atoms with Gasteiger partial charge in [0.1, 0.15) is 0 Å². The van der Waals surface area contributed by atoms with Crippen LogP contribution >= 0.6 is 0 Å². The number of anilines is 1. The van der Waals surface area contributed by atoms with Crippen LogP contribution in [0.2, 0.25) is 0 Å². The zero-order valence-electron chi connectivity index (χ0n) is 21.4. The third-order valence-corrected chi connectivity index (χ3v) is 7.66. The highest BCUT2D eigenvalue weighted by molar-refractivity contribution is 5.89. The number of halogens is 3. The van der Waals surface area contributed by atoms with E-state index in [0.29, 0.717) is 17.9 Å². The molecule has 4 rings (SSSR count). The fourth-order valence-electron chi connectivity index (χ4n) is 5.95. The molecule has 2 aliphatic rings. The van der Waals surface area contributed by atoms with E-state index >= 15 is 0 Å². The normalized spacial score (nSPS) is 24.2. The Kier molecular flexibility index (Phi) is 7.14. The van der Waals surface area contributed by atoms with Crippen molar-refractivity contribution in [3.8, 4) is 11.5 Å². The molecule has 2 fully saturated rings. The number of nitrogens with one attached hydrogen (secondary N) is 2. The highest BCUT2D eigenvalue weighted by atomic mass is 19.2. The van der Waals surface area contributed by atoms with Crippen LogP contribution in [0, 0.1) is 17.5 Å². The van der Waals surface area contributed by atoms with Crippen molar-refractivity contribution in [2.45, 2.75) is 69.5 Å². The fourth-order valence-corrected chi connectivity index (χ4v) is 5.95. The number of fused-ring (bicyclic) bond motifs is 1. The second-order valence-corrected chi connectivity index (χ2v) is 10.7. The average Bonchev–Trinajstić information content (AvgIpc) is 3.22. The lowest BCUT2D eigenvalue weighted by atomic mass is 9.64. The Morgan fingerprint density at radius 2 is 1.69 bits per heavy atom. The first kappa shape index (κ1) is 26.1. The van der Waals surface area contributed by atoms with E-state index < -0.39 is 23.5 Å². The molecular weight excluding hydrogens is 471 g/mol.